The number of sulfonamides is 1. The maximum atomic E-state index is 14.3. The van der Waals surface area contributed by atoms with Gasteiger partial charge in [0, 0.05) is 28.7 Å². The van der Waals surface area contributed by atoms with Crippen molar-refractivity contribution in [3.63, 3.8) is 0 Å². The Morgan fingerprint density at radius 2 is 1.62 bits per heavy atom. The molecule has 140 valence electrons. The first kappa shape index (κ1) is 18.6. The highest BCUT2D eigenvalue weighted by atomic mass is 79.9. The van der Waals surface area contributed by atoms with E-state index in [0.29, 0.717) is 29.2 Å². The molecule has 0 aliphatic carbocycles. The summed E-state index contributed by atoms with van der Waals surface area (Å²) >= 11 is 3.27. The molecule has 26 heavy (non-hydrogen) atoms. The van der Waals surface area contributed by atoms with Crippen LogP contribution < -0.4 is 23.7 Å². The Balaban J connectivity index is 2.00. The lowest BCUT2D eigenvalue weighted by Crippen LogP contribution is -2.18. The van der Waals surface area contributed by atoms with Crippen LogP contribution in [0.1, 0.15) is 0 Å². The summed E-state index contributed by atoms with van der Waals surface area (Å²) in [5, 5.41) is 0. The summed E-state index contributed by atoms with van der Waals surface area (Å²) in [5.74, 6) is 0.0945. The van der Waals surface area contributed by atoms with E-state index in [2.05, 4.69) is 20.7 Å². The van der Waals surface area contributed by atoms with E-state index in [1.807, 2.05) is 0 Å². The molecule has 1 aliphatic rings. The van der Waals surface area contributed by atoms with Gasteiger partial charge in [0.2, 0.25) is 0 Å². The number of ether oxygens (including phenoxy) is 4. The van der Waals surface area contributed by atoms with Crippen LogP contribution in [0.2, 0.25) is 0 Å². The minimum absolute atomic E-state index is 0.0875. The lowest BCUT2D eigenvalue weighted by atomic mass is 10.2. The van der Waals surface area contributed by atoms with E-state index < -0.39 is 20.7 Å². The SMILES string of the molecule is COc1cc(F)c(S(=O)(=O)Nc2cc3c(cc2Br)OCCO3)cc1OC. The summed E-state index contributed by atoms with van der Waals surface area (Å²) in [6.45, 7) is 0.756. The Hall–Kier alpha value is -2.20. The van der Waals surface area contributed by atoms with Gasteiger partial charge >= 0.3 is 0 Å². The van der Waals surface area contributed by atoms with Crippen molar-refractivity contribution in [1.29, 1.82) is 0 Å². The summed E-state index contributed by atoms with van der Waals surface area (Å²) in [6, 6.07) is 5.06. The second kappa shape index (κ2) is 7.20. The molecule has 0 fully saturated rings. The highest BCUT2D eigenvalue weighted by Gasteiger charge is 2.25. The number of benzene rings is 2. The summed E-state index contributed by atoms with van der Waals surface area (Å²) in [4.78, 5) is -0.572. The normalized spacial score (nSPS) is 13.2. The third-order valence-corrected chi connectivity index (χ3v) is 5.64. The molecule has 0 saturated carbocycles. The number of hydrogen-bond donors (Lipinski definition) is 1. The number of fused-ring (bicyclic) bond motifs is 1. The van der Waals surface area contributed by atoms with Gasteiger partial charge in [0.1, 0.15) is 23.9 Å². The van der Waals surface area contributed by atoms with Crippen molar-refractivity contribution >= 4 is 31.6 Å². The average Bonchev–Trinajstić information content (AvgIpc) is 2.61. The lowest BCUT2D eigenvalue weighted by molar-refractivity contribution is 0.171. The topological polar surface area (TPSA) is 83.1 Å². The van der Waals surface area contributed by atoms with Crippen molar-refractivity contribution in [3.8, 4) is 23.0 Å². The van der Waals surface area contributed by atoms with Crippen LogP contribution >= 0.6 is 15.9 Å². The number of methoxy groups -OCH3 is 2. The number of halogens is 2. The molecular weight excluding hydrogens is 433 g/mol. The minimum Gasteiger partial charge on any atom is -0.493 e. The van der Waals surface area contributed by atoms with Gasteiger partial charge in [-0.3, -0.25) is 4.72 Å². The van der Waals surface area contributed by atoms with Gasteiger partial charge < -0.3 is 18.9 Å². The number of rotatable bonds is 5. The van der Waals surface area contributed by atoms with Crippen molar-refractivity contribution in [2.75, 3.05) is 32.2 Å². The molecule has 1 heterocycles. The fraction of sp³-hybridized carbons (Fsp3) is 0.250. The molecule has 0 aromatic heterocycles. The van der Waals surface area contributed by atoms with Gasteiger partial charge in [0.15, 0.2) is 23.0 Å². The highest BCUT2D eigenvalue weighted by molar-refractivity contribution is 9.10. The van der Waals surface area contributed by atoms with Gasteiger partial charge in [-0.05, 0) is 15.9 Å². The molecule has 2 aromatic carbocycles. The predicted octanol–water partition coefficient (Wildman–Crippen LogP) is 3.18. The van der Waals surface area contributed by atoms with Crippen LogP contribution in [0.25, 0.3) is 0 Å². The zero-order valence-corrected chi connectivity index (χ0v) is 16.2. The van der Waals surface area contributed by atoms with Crippen LogP contribution in [0.15, 0.2) is 33.6 Å². The smallest absolute Gasteiger partial charge is 0.264 e. The first-order valence-electron chi connectivity index (χ1n) is 7.39. The van der Waals surface area contributed by atoms with Gasteiger partial charge in [-0.25, -0.2) is 12.8 Å². The Bertz CT molecular complexity index is 950. The fourth-order valence-electron chi connectivity index (χ4n) is 2.38. The summed E-state index contributed by atoms with van der Waals surface area (Å²) in [5.41, 5.74) is 0.184. The molecule has 3 rings (SSSR count). The van der Waals surface area contributed by atoms with Gasteiger partial charge in [-0.1, -0.05) is 0 Å². The zero-order chi connectivity index (χ0) is 18.9. The Kier molecular flexibility index (Phi) is 5.15. The van der Waals surface area contributed by atoms with Crippen LogP contribution in [0.3, 0.4) is 0 Å². The molecule has 1 aliphatic heterocycles. The molecule has 1 N–H and O–H groups in total. The van der Waals surface area contributed by atoms with Crippen LogP contribution in [0.5, 0.6) is 23.0 Å². The van der Waals surface area contributed by atoms with E-state index >= 15 is 0 Å². The zero-order valence-electron chi connectivity index (χ0n) is 13.8. The summed E-state index contributed by atoms with van der Waals surface area (Å²) < 4.78 is 63.3. The predicted molar refractivity (Wildman–Crippen MR) is 95.4 cm³/mol. The molecule has 2 aromatic rings. The van der Waals surface area contributed by atoms with Crippen molar-refractivity contribution in [1.82, 2.24) is 0 Å². The first-order chi connectivity index (χ1) is 12.4. The number of anilines is 1. The molecule has 0 bridgehead atoms. The molecule has 7 nitrogen and oxygen atoms in total. The van der Waals surface area contributed by atoms with Gasteiger partial charge in [0.05, 0.1) is 19.9 Å². The van der Waals surface area contributed by atoms with Gasteiger partial charge in [-0.2, -0.15) is 0 Å². The Labute approximate surface area is 158 Å². The van der Waals surface area contributed by atoms with E-state index in [1.165, 1.54) is 20.3 Å². The molecule has 0 atom stereocenters. The Morgan fingerprint density at radius 3 is 2.23 bits per heavy atom. The first-order valence-corrected chi connectivity index (χ1v) is 9.67. The van der Waals surface area contributed by atoms with E-state index in [4.69, 9.17) is 18.9 Å². The summed E-state index contributed by atoms with van der Waals surface area (Å²) in [7, 11) is -1.58. The van der Waals surface area contributed by atoms with Crippen molar-refractivity contribution in [3.05, 3.63) is 34.6 Å². The van der Waals surface area contributed by atoms with Gasteiger partial charge in [-0.15, -0.1) is 0 Å². The molecule has 0 saturated heterocycles. The van der Waals surface area contributed by atoms with Crippen molar-refractivity contribution in [2.24, 2.45) is 0 Å². The monoisotopic (exact) mass is 447 g/mol. The maximum absolute atomic E-state index is 14.3. The number of nitrogens with one attached hydrogen (secondary N) is 1. The van der Waals surface area contributed by atoms with Crippen LogP contribution in [0, 0.1) is 5.82 Å². The van der Waals surface area contributed by atoms with Crippen molar-refractivity contribution < 1.29 is 31.8 Å². The molecule has 10 heteroatoms. The molecule has 0 radical (unpaired) electrons. The van der Waals surface area contributed by atoms with E-state index in [9.17, 15) is 12.8 Å². The Morgan fingerprint density at radius 1 is 1.04 bits per heavy atom. The number of hydrogen-bond acceptors (Lipinski definition) is 6. The van der Waals surface area contributed by atoms with Crippen molar-refractivity contribution in [2.45, 2.75) is 4.90 Å². The molecule has 0 spiro atoms. The van der Waals surface area contributed by atoms with Crippen LogP contribution in [-0.2, 0) is 10.0 Å². The summed E-state index contributed by atoms with van der Waals surface area (Å²) in [6.07, 6.45) is 0. The van der Waals surface area contributed by atoms with E-state index in [-0.39, 0.29) is 17.2 Å². The second-order valence-corrected chi connectivity index (χ2v) is 7.72. The average molecular weight is 448 g/mol. The highest BCUT2D eigenvalue weighted by Crippen LogP contribution is 2.39. The molecule has 0 amide bonds. The maximum Gasteiger partial charge on any atom is 0.264 e. The quantitative estimate of drug-likeness (QED) is 0.757. The van der Waals surface area contributed by atoms with Crippen LogP contribution in [0.4, 0.5) is 10.1 Å². The molecular formula is C16H15BrFNO6S. The third-order valence-electron chi connectivity index (χ3n) is 3.60. The standard InChI is InChI=1S/C16H15BrFNO6S/c1-22-12-6-10(18)16(8-13(12)23-2)26(20,21)19-11-7-15-14(5-9(11)17)24-3-4-25-15/h5-8,19H,3-4H2,1-2H3. The van der Waals surface area contributed by atoms with E-state index in [1.54, 1.807) is 6.07 Å². The molecule has 0 unspecified atom stereocenters. The van der Waals surface area contributed by atoms with E-state index in [0.717, 1.165) is 12.1 Å². The minimum atomic E-state index is -4.24. The van der Waals surface area contributed by atoms with Crippen LogP contribution in [-0.4, -0.2) is 35.9 Å². The fourth-order valence-corrected chi connectivity index (χ4v) is 4.08. The third kappa shape index (κ3) is 3.51. The van der Waals surface area contributed by atoms with Gasteiger partial charge in [0.25, 0.3) is 10.0 Å². The largest absolute Gasteiger partial charge is 0.493 e. The second-order valence-electron chi connectivity index (χ2n) is 5.22. The lowest BCUT2D eigenvalue weighted by Gasteiger charge is -2.20.